The van der Waals surface area contributed by atoms with E-state index in [1.165, 1.54) is 13.0 Å². The Bertz CT molecular complexity index is 471. The third kappa shape index (κ3) is 2.04. The highest BCUT2D eigenvalue weighted by atomic mass is 79.9. The molecule has 1 atom stereocenters. The van der Waals surface area contributed by atoms with Crippen molar-refractivity contribution in [3.05, 3.63) is 4.73 Å². The van der Waals surface area contributed by atoms with E-state index in [9.17, 15) is 4.21 Å². The van der Waals surface area contributed by atoms with Crippen LogP contribution in [-0.2, 0) is 11.0 Å². The van der Waals surface area contributed by atoms with E-state index in [2.05, 4.69) is 43.1 Å². The van der Waals surface area contributed by atoms with E-state index in [-0.39, 0.29) is 0 Å². The summed E-state index contributed by atoms with van der Waals surface area (Å²) in [6.07, 6.45) is 3.45. The Hall–Kier alpha value is -0.310. The first-order valence-corrected chi connectivity index (χ1v) is 7.97. The van der Waals surface area contributed by atoms with Crippen LogP contribution in [0.15, 0.2) is 9.89 Å². The third-order valence-corrected chi connectivity index (χ3v) is 5.92. The van der Waals surface area contributed by atoms with Crippen LogP contribution in [0.2, 0.25) is 0 Å². The predicted molar refractivity (Wildman–Crippen MR) is 71.3 cm³/mol. The van der Waals surface area contributed by atoms with Gasteiger partial charge in [-0.15, -0.1) is 5.10 Å². The fraction of sp³-hybridized carbons (Fsp3) is 0.800. The molecule has 2 fully saturated rings. The summed E-state index contributed by atoms with van der Waals surface area (Å²) in [7, 11) is 0.969. The van der Waals surface area contributed by atoms with Gasteiger partial charge in [-0.25, -0.2) is 13.6 Å². The Morgan fingerprint density at radius 1 is 1.33 bits per heavy atom. The summed E-state index contributed by atoms with van der Waals surface area (Å²) in [4.78, 5) is 6.50. The van der Waals surface area contributed by atoms with Gasteiger partial charge in [0.25, 0.3) is 0 Å². The SMILES string of the molecule is CN1CCC12CCN(S(=O)c1nc(Br)n[nH]1)CC2. The van der Waals surface area contributed by atoms with Gasteiger partial charge in [0.05, 0.1) is 0 Å². The lowest BCUT2D eigenvalue weighted by molar-refractivity contribution is -0.0258. The number of H-pyrrole nitrogens is 1. The highest BCUT2D eigenvalue weighted by Crippen LogP contribution is 2.38. The van der Waals surface area contributed by atoms with Crippen molar-refractivity contribution >= 4 is 26.9 Å². The summed E-state index contributed by atoms with van der Waals surface area (Å²) in [5.74, 6) is 0. The van der Waals surface area contributed by atoms with Crippen LogP contribution in [0.4, 0.5) is 0 Å². The first kappa shape index (κ1) is 12.7. The minimum Gasteiger partial charge on any atom is -0.300 e. The highest BCUT2D eigenvalue weighted by Gasteiger charge is 2.45. The Morgan fingerprint density at radius 2 is 2.00 bits per heavy atom. The fourth-order valence-corrected chi connectivity index (χ4v) is 4.21. The quantitative estimate of drug-likeness (QED) is 0.867. The number of piperidine rings is 1. The van der Waals surface area contributed by atoms with Crippen LogP contribution in [0.1, 0.15) is 19.3 Å². The second kappa shape index (κ2) is 4.66. The van der Waals surface area contributed by atoms with Crippen molar-refractivity contribution in [3.8, 4) is 0 Å². The smallest absolute Gasteiger partial charge is 0.231 e. The summed E-state index contributed by atoms with van der Waals surface area (Å²) < 4.78 is 14.7. The monoisotopic (exact) mass is 333 g/mol. The largest absolute Gasteiger partial charge is 0.300 e. The molecule has 1 aromatic heterocycles. The summed E-state index contributed by atoms with van der Waals surface area (Å²) in [6.45, 7) is 2.91. The predicted octanol–water partition coefficient (Wildman–Crippen LogP) is 0.760. The topological polar surface area (TPSA) is 65.1 Å². The molecule has 1 spiro atoms. The number of aromatic nitrogens is 3. The van der Waals surface area contributed by atoms with E-state index >= 15 is 0 Å². The van der Waals surface area contributed by atoms with E-state index in [1.807, 2.05) is 4.31 Å². The van der Waals surface area contributed by atoms with Gasteiger partial charge in [0.2, 0.25) is 9.89 Å². The number of likely N-dealkylation sites (tertiary alicyclic amines) is 1. The van der Waals surface area contributed by atoms with Gasteiger partial charge in [-0.3, -0.25) is 0 Å². The lowest BCUT2D eigenvalue weighted by Gasteiger charge is -2.54. The van der Waals surface area contributed by atoms with Crippen LogP contribution in [0.3, 0.4) is 0 Å². The molecule has 2 aliphatic rings. The minimum atomic E-state index is -1.22. The number of nitrogens with zero attached hydrogens (tertiary/aromatic N) is 4. The average Bonchev–Trinajstić information content (AvgIpc) is 2.83. The number of hydrogen-bond acceptors (Lipinski definition) is 4. The molecular weight excluding hydrogens is 318 g/mol. The highest BCUT2D eigenvalue weighted by molar-refractivity contribution is 9.10. The first-order valence-electron chi connectivity index (χ1n) is 6.07. The van der Waals surface area contributed by atoms with Crippen LogP contribution in [-0.4, -0.2) is 60.8 Å². The van der Waals surface area contributed by atoms with Crippen LogP contribution in [0, 0.1) is 0 Å². The Labute approximate surface area is 117 Å². The Kier molecular flexibility index (Phi) is 3.29. The molecule has 0 aromatic carbocycles. The molecule has 0 amide bonds. The van der Waals surface area contributed by atoms with Crippen LogP contribution < -0.4 is 0 Å². The van der Waals surface area contributed by atoms with Crippen molar-refractivity contribution in [2.75, 3.05) is 26.7 Å². The number of nitrogens with one attached hydrogen (secondary N) is 1. The van der Waals surface area contributed by atoms with Gasteiger partial charge in [-0.1, -0.05) is 0 Å². The number of halogens is 1. The molecule has 6 nitrogen and oxygen atoms in total. The first-order chi connectivity index (χ1) is 8.61. The second-order valence-electron chi connectivity index (χ2n) is 4.98. The van der Waals surface area contributed by atoms with Crippen LogP contribution >= 0.6 is 15.9 Å². The number of hydrogen-bond donors (Lipinski definition) is 1. The second-order valence-corrected chi connectivity index (χ2v) is 7.09. The molecule has 3 rings (SSSR count). The molecule has 0 radical (unpaired) electrons. The molecule has 1 aromatic rings. The van der Waals surface area contributed by atoms with Crippen LogP contribution in [0.25, 0.3) is 0 Å². The zero-order valence-electron chi connectivity index (χ0n) is 10.2. The summed E-state index contributed by atoms with van der Waals surface area (Å²) in [5, 5.41) is 6.98. The van der Waals surface area contributed by atoms with Gasteiger partial charge in [0.1, 0.15) is 0 Å². The zero-order valence-corrected chi connectivity index (χ0v) is 12.6. The minimum absolute atomic E-state index is 0.378. The molecule has 1 unspecified atom stereocenters. The van der Waals surface area contributed by atoms with Crippen molar-refractivity contribution in [1.29, 1.82) is 0 Å². The van der Waals surface area contributed by atoms with Gasteiger partial charge >= 0.3 is 0 Å². The van der Waals surface area contributed by atoms with E-state index in [0.717, 1.165) is 25.9 Å². The van der Waals surface area contributed by atoms with Crippen molar-refractivity contribution in [2.24, 2.45) is 0 Å². The van der Waals surface area contributed by atoms with Crippen molar-refractivity contribution in [1.82, 2.24) is 24.4 Å². The molecular formula is C10H16BrN5OS. The molecule has 3 heterocycles. The molecule has 2 aliphatic heterocycles. The molecule has 0 bridgehead atoms. The van der Waals surface area contributed by atoms with E-state index in [1.54, 1.807) is 0 Å². The standard InChI is InChI=1S/C10H16BrN5OS/c1-15-5-2-10(15)3-6-16(7-4-10)18(17)9-12-8(11)13-14-9/h2-7H2,1H3,(H,12,13,14). The van der Waals surface area contributed by atoms with Gasteiger partial charge in [-0.05, 0) is 42.2 Å². The summed E-state index contributed by atoms with van der Waals surface area (Å²) >= 11 is 3.16. The third-order valence-electron chi connectivity index (χ3n) is 4.21. The van der Waals surface area contributed by atoms with E-state index < -0.39 is 11.0 Å². The van der Waals surface area contributed by atoms with E-state index in [0.29, 0.717) is 15.4 Å². The normalized spacial score (nSPS) is 26.1. The molecule has 18 heavy (non-hydrogen) atoms. The molecule has 1 N–H and O–H groups in total. The summed E-state index contributed by atoms with van der Waals surface area (Å²) in [5.41, 5.74) is 0.378. The van der Waals surface area contributed by atoms with Crippen molar-refractivity contribution in [2.45, 2.75) is 30.0 Å². The molecule has 2 saturated heterocycles. The fourth-order valence-electron chi connectivity index (χ4n) is 2.78. The van der Waals surface area contributed by atoms with Gasteiger partial charge < -0.3 is 4.90 Å². The molecule has 0 saturated carbocycles. The molecule has 0 aliphatic carbocycles. The summed E-state index contributed by atoms with van der Waals surface area (Å²) in [6, 6.07) is 0. The number of rotatable bonds is 2. The Morgan fingerprint density at radius 3 is 2.44 bits per heavy atom. The average molecular weight is 334 g/mol. The van der Waals surface area contributed by atoms with Gasteiger partial charge in [0.15, 0.2) is 11.0 Å². The van der Waals surface area contributed by atoms with Crippen molar-refractivity contribution in [3.63, 3.8) is 0 Å². The van der Waals surface area contributed by atoms with Gasteiger partial charge in [-0.2, -0.15) is 4.98 Å². The zero-order chi connectivity index (χ0) is 12.8. The van der Waals surface area contributed by atoms with Crippen LogP contribution in [0.5, 0.6) is 0 Å². The van der Waals surface area contributed by atoms with Crippen molar-refractivity contribution < 1.29 is 4.21 Å². The Balaban J connectivity index is 1.64. The maximum Gasteiger partial charge on any atom is 0.231 e. The van der Waals surface area contributed by atoms with E-state index in [4.69, 9.17) is 0 Å². The maximum atomic E-state index is 12.3. The lowest BCUT2D eigenvalue weighted by atomic mass is 9.77. The van der Waals surface area contributed by atoms with Gasteiger partial charge in [0, 0.05) is 25.2 Å². The maximum absolute atomic E-state index is 12.3. The number of aromatic amines is 1. The molecule has 100 valence electrons. The lowest BCUT2D eigenvalue weighted by Crippen LogP contribution is -2.62. The molecule has 8 heteroatoms.